The summed E-state index contributed by atoms with van der Waals surface area (Å²) < 4.78 is 1.31. The van der Waals surface area contributed by atoms with E-state index < -0.39 is 0 Å². The molecule has 2 N–H and O–H groups in total. The molecular formula is C12H15N3S. The number of pyridine rings is 1. The molecule has 2 aromatic heterocycles. The summed E-state index contributed by atoms with van der Waals surface area (Å²) in [4.78, 5) is 6.91. The lowest BCUT2D eigenvalue weighted by atomic mass is 10.2. The van der Waals surface area contributed by atoms with E-state index in [-0.39, 0.29) is 0 Å². The van der Waals surface area contributed by atoms with Crippen LogP contribution in [-0.4, -0.2) is 24.1 Å². The molecule has 2 aromatic rings. The number of hydrogen-bond donors (Lipinski definition) is 1. The van der Waals surface area contributed by atoms with Crippen LogP contribution >= 0.6 is 11.3 Å². The largest absolute Gasteiger partial charge is 0.352 e. The number of hydrogen-bond acceptors (Lipinski definition) is 4. The fourth-order valence-electron chi connectivity index (χ4n) is 2.47. The molecule has 0 aromatic carbocycles. The zero-order valence-corrected chi connectivity index (χ0v) is 9.91. The van der Waals surface area contributed by atoms with Crippen molar-refractivity contribution >= 4 is 27.2 Å². The van der Waals surface area contributed by atoms with Gasteiger partial charge in [0, 0.05) is 35.4 Å². The van der Waals surface area contributed by atoms with Crippen LogP contribution in [0, 0.1) is 0 Å². The highest BCUT2D eigenvalue weighted by molar-refractivity contribution is 7.17. The molecule has 0 saturated carbocycles. The van der Waals surface area contributed by atoms with Crippen LogP contribution in [0.4, 0.5) is 5.82 Å². The molecule has 0 spiro atoms. The highest BCUT2D eigenvalue weighted by atomic mass is 32.1. The first-order valence-electron chi connectivity index (χ1n) is 5.69. The fourth-order valence-corrected chi connectivity index (χ4v) is 3.24. The Kier molecular flexibility index (Phi) is 2.53. The van der Waals surface area contributed by atoms with Crippen molar-refractivity contribution in [3.8, 4) is 0 Å². The van der Waals surface area contributed by atoms with E-state index in [9.17, 15) is 0 Å². The van der Waals surface area contributed by atoms with Gasteiger partial charge in [0.15, 0.2) is 0 Å². The topological polar surface area (TPSA) is 42.1 Å². The van der Waals surface area contributed by atoms with Crippen molar-refractivity contribution in [1.29, 1.82) is 0 Å². The standard InChI is InChI=1S/C12H15N3S/c13-8-9-2-1-6-15(9)12-10-4-7-16-11(10)3-5-14-12/h3-5,7,9H,1-2,6,8,13H2. The maximum atomic E-state index is 5.81. The highest BCUT2D eigenvalue weighted by Gasteiger charge is 2.25. The molecule has 3 nitrogen and oxygen atoms in total. The second-order valence-electron chi connectivity index (χ2n) is 4.19. The number of fused-ring (bicyclic) bond motifs is 1. The molecule has 16 heavy (non-hydrogen) atoms. The summed E-state index contributed by atoms with van der Waals surface area (Å²) in [5, 5.41) is 3.40. The minimum atomic E-state index is 0.470. The Hall–Kier alpha value is -1.13. The van der Waals surface area contributed by atoms with Gasteiger partial charge in [-0.25, -0.2) is 4.98 Å². The van der Waals surface area contributed by atoms with Gasteiger partial charge in [-0.3, -0.25) is 0 Å². The van der Waals surface area contributed by atoms with Gasteiger partial charge in [-0.15, -0.1) is 11.3 Å². The van der Waals surface area contributed by atoms with Crippen LogP contribution in [0.2, 0.25) is 0 Å². The Labute approximate surface area is 98.9 Å². The SMILES string of the molecule is NCC1CCCN1c1nccc2sccc12. The molecule has 3 rings (SSSR count). The lowest BCUT2D eigenvalue weighted by Crippen LogP contribution is -2.35. The van der Waals surface area contributed by atoms with Gasteiger partial charge in [0.1, 0.15) is 5.82 Å². The number of rotatable bonds is 2. The molecule has 1 atom stereocenters. The molecule has 1 aliphatic heterocycles. The van der Waals surface area contributed by atoms with Crippen LogP contribution in [0.3, 0.4) is 0 Å². The van der Waals surface area contributed by atoms with Gasteiger partial charge in [0.25, 0.3) is 0 Å². The number of nitrogens with zero attached hydrogens (tertiary/aromatic N) is 2. The van der Waals surface area contributed by atoms with Gasteiger partial charge in [-0.1, -0.05) is 0 Å². The molecule has 1 fully saturated rings. The van der Waals surface area contributed by atoms with Crippen LogP contribution in [-0.2, 0) is 0 Å². The van der Waals surface area contributed by atoms with E-state index in [1.54, 1.807) is 11.3 Å². The first kappa shape index (κ1) is 10.1. The molecule has 0 amide bonds. The van der Waals surface area contributed by atoms with Gasteiger partial charge in [0.05, 0.1) is 0 Å². The van der Waals surface area contributed by atoms with Crippen molar-refractivity contribution in [2.45, 2.75) is 18.9 Å². The first-order chi connectivity index (χ1) is 7.90. The van der Waals surface area contributed by atoms with E-state index in [0.29, 0.717) is 6.04 Å². The van der Waals surface area contributed by atoms with Crippen molar-refractivity contribution in [1.82, 2.24) is 4.98 Å². The lowest BCUT2D eigenvalue weighted by Gasteiger charge is -2.25. The number of anilines is 1. The van der Waals surface area contributed by atoms with Crippen molar-refractivity contribution in [3.63, 3.8) is 0 Å². The Balaban J connectivity index is 2.07. The summed E-state index contributed by atoms with van der Waals surface area (Å²) in [5.74, 6) is 1.12. The minimum Gasteiger partial charge on any atom is -0.352 e. The van der Waals surface area contributed by atoms with Gasteiger partial charge in [-0.2, -0.15) is 0 Å². The van der Waals surface area contributed by atoms with Crippen LogP contribution < -0.4 is 10.6 Å². The van der Waals surface area contributed by atoms with Crippen LogP contribution in [0.1, 0.15) is 12.8 Å². The first-order valence-corrected chi connectivity index (χ1v) is 6.57. The van der Waals surface area contributed by atoms with Crippen molar-refractivity contribution < 1.29 is 0 Å². The zero-order valence-electron chi connectivity index (χ0n) is 9.10. The summed E-state index contributed by atoms with van der Waals surface area (Å²) in [6, 6.07) is 4.71. The Morgan fingerprint density at radius 2 is 2.44 bits per heavy atom. The number of nitrogens with two attached hydrogens (primary N) is 1. The molecule has 0 bridgehead atoms. The predicted molar refractivity (Wildman–Crippen MR) is 69.0 cm³/mol. The maximum Gasteiger partial charge on any atom is 0.137 e. The van der Waals surface area contributed by atoms with Crippen molar-refractivity contribution in [2.75, 3.05) is 18.0 Å². The average Bonchev–Trinajstić information content (AvgIpc) is 2.96. The highest BCUT2D eigenvalue weighted by Crippen LogP contribution is 2.32. The van der Waals surface area contributed by atoms with E-state index in [1.165, 1.54) is 22.9 Å². The van der Waals surface area contributed by atoms with Gasteiger partial charge < -0.3 is 10.6 Å². The Bertz CT molecular complexity index is 494. The molecule has 1 aliphatic rings. The number of aromatic nitrogens is 1. The Morgan fingerprint density at radius 3 is 3.31 bits per heavy atom. The van der Waals surface area contributed by atoms with E-state index >= 15 is 0 Å². The molecule has 0 aliphatic carbocycles. The molecule has 1 saturated heterocycles. The second-order valence-corrected chi connectivity index (χ2v) is 5.14. The summed E-state index contributed by atoms with van der Waals surface area (Å²) in [7, 11) is 0. The summed E-state index contributed by atoms with van der Waals surface area (Å²) in [5.41, 5.74) is 5.81. The molecule has 4 heteroatoms. The van der Waals surface area contributed by atoms with Gasteiger partial charge >= 0.3 is 0 Å². The maximum absolute atomic E-state index is 5.81. The van der Waals surface area contributed by atoms with E-state index in [4.69, 9.17) is 5.73 Å². The molecule has 84 valence electrons. The third kappa shape index (κ3) is 1.49. The monoisotopic (exact) mass is 233 g/mol. The predicted octanol–water partition coefficient (Wildman–Crippen LogP) is 2.22. The number of thiophene rings is 1. The summed E-state index contributed by atoms with van der Waals surface area (Å²) in [6.07, 6.45) is 4.32. The third-order valence-corrected chi connectivity index (χ3v) is 4.16. The molecular weight excluding hydrogens is 218 g/mol. The van der Waals surface area contributed by atoms with E-state index in [0.717, 1.165) is 18.9 Å². The summed E-state index contributed by atoms with van der Waals surface area (Å²) in [6.45, 7) is 1.81. The summed E-state index contributed by atoms with van der Waals surface area (Å²) >= 11 is 1.77. The smallest absolute Gasteiger partial charge is 0.137 e. The quantitative estimate of drug-likeness (QED) is 0.865. The van der Waals surface area contributed by atoms with E-state index in [2.05, 4.69) is 27.4 Å². The van der Waals surface area contributed by atoms with Gasteiger partial charge in [0.2, 0.25) is 0 Å². The third-order valence-electron chi connectivity index (χ3n) is 3.28. The van der Waals surface area contributed by atoms with Crippen LogP contribution in [0.5, 0.6) is 0 Å². The van der Waals surface area contributed by atoms with Crippen LogP contribution in [0.15, 0.2) is 23.7 Å². The average molecular weight is 233 g/mol. The normalized spacial score (nSPS) is 20.8. The zero-order chi connectivity index (χ0) is 11.0. The van der Waals surface area contributed by atoms with Crippen molar-refractivity contribution in [3.05, 3.63) is 23.7 Å². The molecule has 3 heterocycles. The van der Waals surface area contributed by atoms with E-state index in [1.807, 2.05) is 6.20 Å². The fraction of sp³-hybridized carbons (Fsp3) is 0.417. The molecule has 0 radical (unpaired) electrons. The van der Waals surface area contributed by atoms with Gasteiger partial charge in [-0.05, 0) is 30.4 Å². The second kappa shape index (κ2) is 4.03. The van der Waals surface area contributed by atoms with Crippen molar-refractivity contribution in [2.24, 2.45) is 5.73 Å². The minimum absolute atomic E-state index is 0.470. The lowest BCUT2D eigenvalue weighted by molar-refractivity contribution is 0.673. The molecule has 1 unspecified atom stereocenters. The Morgan fingerprint density at radius 1 is 1.50 bits per heavy atom. The van der Waals surface area contributed by atoms with Crippen LogP contribution in [0.25, 0.3) is 10.1 Å².